The Morgan fingerprint density at radius 3 is 2.48 bits per heavy atom. The molecule has 0 saturated heterocycles. The van der Waals surface area contributed by atoms with Gasteiger partial charge in [-0.15, -0.1) is 0 Å². The van der Waals surface area contributed by atoms with Crippen LogP contribution in [0, 0.1) is 11.8 Å². The van der Waals surface area contributed by atoms with Crippen molar-refractivity contribution in [2.75, 3.05) is 6.61 Å². The summed E-state index contributed by atoms with van der Waals surface area (Å²) in [6.07, 6.45) is -3.75. The summed E-state index contributed by atoms with van der Waals surface area (Å²) in [6, 6.07) is 8.07. The molecule has 3 N–H and O–H groups in total. The minimum atomic E-state index is -4.84. The number of hydrogen-bond acceptors (Lipinski definition) is 4. The van der Waals surface area contributed by atoms with Gasteiger partial charge in [0.05, 0.1) is 21.2 Å². The maximum atomic E-state index is 13.8. The maximum Gasteiger partial charge on any atom is 0.433 e. The Morgan fingerprint density at radius 2 is 1.85 bits per heavy atom. The fourth-order valence-electron chi connectivity index (χ4n) is 3.31. The number of alkyl halides is 3. The molecule has 0 atom stereocenters. The Kier molecular flexibility index (Phi) is 5.84. The second-order valence-corrected chi connectivity index (χ2v) is 7.63. The Hall–Kier alpha value is -3.45. The van der Waals surface area contributed by atoms with Gasteiger partial charge in [-0.3, -0.25) is 9.89 Å². The van der Waals surface area contributed by atoms with Crippen molar-refractivity contribution < 1.29 is 23.4 Å². The van der Waals surface area contributed by atoms with Gasteiger partial charge in [-0.2, -0.15) is 17.7 Å². The van der Waals surface area contributed by atoms with Gasteiger partial charge < -0.3 is 10.2 Å². The molecule has 2 heterocycles. The molecule has 168 valence electrons. The average molecular weight is 494 g/mol. The molecule has 11 heteroatoms. The number of aromatic amines is 1. The number of aromatic hydroxyl groups is 1. The predicted molar refractivity (Wildman–Crippen MR) is 117 cm³/mol. The van der Waals surface area contributed by atoms with Gasteiger partial charge in [-0.1, -0.05) is 41.1 Å². The molecule has 0 saturated carbocycles. The summed E-state index contributed by atoms with van der Waals surface area (Å²) in [5, 5.41) is 21.4. The predicted octanol–water partition coefficient (Wildman–Crippen LogP) is 4.73. The minimum Gasteiger partial charge on any atom is -0.507 e. The second kappa shape index (κ2) is 8.48. The van der Waals surface area contributed by atoms with Gasteiger partial charge >= 0.3 is 6.18 Å². The summed E-state index contributed by atoms with van der Waals surface area (Å²) in [4.78, 5) is 17.2. The molecule has 0 aliphatic rings. The number of aliphatic hydroxyl groups is 1. The first-order chi connectivity index (χ1) is 15.6. The standard InChI is InChI=1S/C22H12Cl2F3N3O3/c23-15-6-4-12(9-16(15)24)18-19(22(25,26)27)29-30-20(18)28-10-14(21(30)33)13-5-3-11(2-1-7-31)8-17(13)32/h3-6,8-10,29,31-32H,7H2. The van der Waals surface area contributed by atoms with Gasteiger partial charge in [0.1, 0.15) is 18.1 Å². The topological polar surface area (TPSA) is 90.6 Å². The lowest BCUT2D eigenvalue weighted by molar-refractivity contribution is -0.140. The zero-order valence-corrected chi connectivity index (χ0v) is 17.8. The number of rotatable bonds is 2. The number of aliphatic hydroxyl groups excluding tert-OH is 1. The zero-order chi connectivity index (χ0) is 23.9. The van der Waals surface area contributed by atoms with Crippen LogP contribution in [0.2, 0.25) is 10.0 Å². The number of H-pyrrole nitrogens is 1. The molecule has 0 aliphatic carbocycles. The minimum absolute atomic E-state index is 0.0370. The quantitative estimate of drug-likeness (QED) is 0.352. The third kappa shape index (κ3) is 4.16. The molecule has 0 spiro atoms. The van der Waals surface area contributed by atoms with Crippen molar-refractivity contribution in [3.8, 4) is 39.8 Å². The number of phenols is 1. The Bertz CT molecular complexity index is 1520. The number of halogens is 5. The summed E-state index contributed by atoms with van der Waals surface area (Å²) in [5.74, 6) is 4.69. The van der Waals surface area contributed by atoms with Crippen LogP contribution in [0.1, 0.15) is 11.3 Å². The molecule has 33 heavy (non-hydrogen) atoms. The van der Waals surface area contributed by atoms with E-state index < -0.39 is 17.4 Å². The third-order valence-corrected chi connectivity index (χ3v) is 5.49. The first-order valence-electron chi connectivity index (χ1n) is 9.21. The van der Waals surface area contributed by atoms with Gasteiger partial charge in [-0.05, 0) is 35.9 Å². The van der Waals surface area contributed by atoms with E-state index in [0.29, 0.717) is 10.1 Å². The van der Waals surface area contributed by atoms with E-state index in [1.165, 1.54) is 36.4 Å². The number of benzene rings is 2. The molecular formula is C22H12Cl2F3N3O3. The van der Waals surface area contributed by atoms with Gasteiger partial charge in [0, 0.05) is 17.3 Å². The van der Waals surface area contributed by atoms with E-state index in [1.54, 1.807) is 0 Å². The van der Waals surface area contributed by atoms with Gasteiger partial charge in [0.2, 0.25) is 0 Å². The summed E-state index contributed by atoms with van der Waals surface area (Å²) >= 11 is 11.9. The van der Waals surface area contributed by atoms with Crippen molar-refractivity contribution in [3.05, 3.63) is 74.3 Å². The van der Waals surface area contributed by atoms with Crippen LogP contribution < -0.4 is 5.56 Å². The fraction of sp³-hybridized carbons (Fsp3) is 0.0909. The highest BCUT2D eigenvalue weighted by Gasteiger charge is 2.38. The summed E-state index contributed by atoms with van der Waals surface area (Å²) in [5.41, 5.74) is -2.35. The second-order valence-electron chi connectivity index (χ2n) is 6.82. The molecule has 0 radical (unpaired) electrons. The van der Waals surface area contributed by atoms with E-state index in [2.05, 4.69) is 21.9 Å². The zero-order valence-electron chi connectivity index (χ0n) is 16.3. The molecule has 0 unspecified atom stereocenters. The monoisotopic (exact) mass is 493 g/mol. The van der Waals surface area contributed by atoms with Crippen LogP contribution in [0.5, 0.6) is 5.75 Å². The smallest absolute Gasteiger partial charge is 0.433 e. The highest BCUT2D eigenvalue weighted by molar-refractivity contribution is 6.42. The van der Waals surface area contributed by atoms with Crippen molar-refractivity contribution in [2.24, 2.45) is 0 Å². The molecule has 2 aromatic carbocycles. The number of nitrogens with zero attached hydrogens (tertiary/aromatic N) is 2. The van der Waals surface area contributed by atoms with Crippen molar-refractivity contribution in [3.63, 3.8) is 0 Å². The van der Waals surface area contributed by atoms with E-state index in [0.717, 1.165) is 6.20 Å². The van der Waals surface area contributed by atoms with Crippen LogP contribution in [0.25, 0.3) is 27.9 Å². The van der Waals surface area contributed by atoms with Crippen molar-refractivity contribution >= 4 is 28.8 Å². The SMILES string of the molecule is O=c1c(-c2ccc(C#CCO)cc2O)cnc2c(-c3ccc(Cl)c(Cl)c3)c(C(F)(F)F)[nH]n12. The fourth-order valence-corrected chi connectivity index (χ4v) is 3.61. The Labute approximate surface area is 193 Å². The number of aromatic nitrogens is 3. The van der Waals surface area contributed by atoms with E-state index in [4.69, 9.17) is 28.3 Å². The number of phenolic OH excluding ortho intramolecular Hbond substituents is 1. The molecule has 0 aliphatic heterocycles. The molecule has 2 aromatic heterocycles. The normalized spacial score (nSPS) is 11.5. The molecule has 6 nitrogen and oxygen atoms in total. The summed E-state index contributed by atoms with van der Waals surface area (Å²) < 4.78 is 42.1. The Balaban J connectivity index is 1.96. The first kappa shape index (κ1) is 22.7. The largest absolute Gasteiger partial charge is 0.507 e. The molecule has 4 rings (SSSR count). The van der Waals surface area contributed by atoms with Gasteiger partial charge in [0.15, 0.2) is 5.65 Å². The van der Waals surface area contributed by atoms with Crippen LogP contribution in [0.4, 0.5) is 13.2 Å². The first-order valence-corrected chi connectivity index (χ1v) is 9.97. The molecule has 0 bridgehead atoms. The van der Waals surface area contributed by atoms with Crippen LogP contribution in [-0.4, -0.2) is 31.4 Å². The van der Waals surface area contributed by atoms with Crippen LogP contribution in [-0.2, 0) is 6.18 Å². The molecule has 0 fully saturated rings. The van der Waals surface area contributed by atoms with Gasteiger partial charge in [0.25, 0.3) is 5.56 Å². The highest BCUT2D eigenvalue weighted by atomic mass is 35.5. The molecule has 0 amide bonds. The molecule has 4 aromatic rings. The van der Waals surface area contributed by atoms with E-state index in [9.17, 15) is 23.1 Å². The summed E-state index contributed by atoms with van der Waals surface area (Å²) in [7, 11) is 0. The van der Waals surface area contributed by atoms with Crippen molar-refractivity contribution in [1.82, 2.24) is 14.6 Å². The summed E-state index contributed by atoms with van der Waals surface area (Å²) in [6.45, 7) is -0.375. The lowest BCUT2D eigenvalue weighted by atomic mass is 10.0. The van der Waals surface area contributed by atoms with E-state index in [1.807, 2.05) is 0 Å². The van der Waals surface area contributed by atoms with Crippen molar-refractivity contribution in [1.29, 1.82) is 0 Å². The number of hydrogen-bond donors (Lipinski definition) is 3. The van der Waals surface area contributed by atoms with Crippen molar-refractivity contribution in [2.45, 2.75) is 6.18 Å². The van der Waals surface area contributed by atoms with Gasteiger partial charge in [-0.25, -0.2) is 4.98 Å². The van der Waals surface area contributed by atoms with Crippen LogP contribution in [0.3, 0.4) is 0 Å². The number of fused-ring (bicyclic) bond motifs is 1. The lowest BCUT2D eigenvalue weighted by Gasteiger charge is -2.08. The number of nitrogens with one attached hydrogen (secondary N) is 1. The maximum absolute atomic E-state index is 13.8. The van der Waals surface area contributed by atoms with Crippen LogP contribution in [0.15, 0.2) is 47.4 Å². The lowest BCUT2D eigenvalue weighted by Crippen LogP contribution is -2.18. The van der Waals surface area contributed by atoms with E-state index >= 15 is 0 Å². The third-order valence-electron chi connectivity index (χ3n) is 4.75. The molecular weight excluding hydrogens is 482 g/mol. The van der Waals surface area contributed by atoms with Crippen LogP contribution >= 0.6 is 23.2 Å². The highest BCUT2D eigenvalue weighted by Crippen LogP contribution is 2.40. The van der Waals surface area contributed by atoms with E-state index in [-0.39, 0.29) is 50.3 Å². The Morgan fingerprint density at radius 1 is 1.09 bits per heavy atom. The average Bonchev–Trinajstić information content (AvgIpc) is 3.16.